The van der Waals surface area contributed by atoms with Gasteiger partial charge in [0.25, 0.3) is 0 Å². The molecular formula is C10H18N2O4S. The lowest BCUT2D eigenvalue weighted by Gasteiger charge is -2.25. The normalized spacial score (nSPS) is 12.1. The van der Waals surface area contributed by atoms with E-state index in [1.165, 1.54) is 0 Å². The zero-order valence-corrected chi connectivity index (χ0v) is 10.9. The van der Waals surface area contributed by atoms with Crippen molar-refractivity contribution in [2.45, 2.75) is 45.1 Å². The molecule has 0 aliphatic carbocycles. The van der Waals surface area contributed by atoms with E-state index in [4.69, 9.17) is 10.4 Å². The molecule has 0 aliphatic rings. The van der Waals surface area contributed by atoms with Gasteiger partial charge in [0.2, 0.25) is 10.0 Å². The summed E-state index contributed by atoms with van der Waals surface area (Å²) in [6.07, 6.45) is 0.602. The van der Waals surface area contributed by atoms with Gasteiger partial charge in [-0.05, 0) is 26.7 Å². The largest absolute Gasteiger partial charge is 0.481 e. The Kier molecular flexibility index (Phi) is 6.13. The molecule has 0 aliphatic heterocycles. The SMILES string of the molecule is CC(C)(CCC(=O)O)NS(=O)(=O)CCCC#N. The molecule has 0 bridgehead atoms. The van der Waals surface area contributed by atoms with Crippen LogP contribution in [0.3, 0.4) is 0 Å². The first-order valence-corrected chi connectivity index (χ1v) is 6.94. The van der Waals surface area contributed by atoms with Crippen molar-refractivity contribution in [3.8, 4) is 6.07 Å². The molecule has 0 aromatic heterocycles. The second kappa shape index (κ2) is 6.57. The smallest absolute Gasteiger partial charge is 0.303 e. The van der Waals surface area contributed by atoms with Crippen LogP contribution in [0.4, 0.5) is 0 Å². The van der Waals surface area contributed by atoms with E-state index < -0.39 is 21.5 Å². The van der Waals surface area contributed by atoms with Crippen molar-refractivity contribution in [3.63, 3.8) is 0 Å². The molecule has 2 N–H and O–H groups in total. The van der Waals surface area contributed by atoms with E-state index >= 15 is 0 Å². The molecule has 17 heavy (non-hydrogen) atoms. The van der Waals surface area contributed by atoms with E-state index in [0.717, 1.165) is 0 Å². The van der Waals surface area contributed by atoms with E-state index in [2.05, 4.69) is 4.72 Å². The monoisotopic (exact) mass is 262 g/mol. The Morgan fingerprint density at radius 3 is 2.53 bits per heavy atom. The molecule has 0 atom stereocenters. The Morgan fingerprint density at radius 1 is 1.47 bits per heavy atom. The number of rotatable bonds is 8. The maximum atomic E-state index is 11.6. The van der Waals surface area contributed by atoms with Gasteiger partial charge in [0.05, 0.1) is 11.8 Å². The summed E-state index contributed by atoms with van der Waals surface area (Å²) in [5.74, 6) is -1.07. The first-order valence-electron chi connectivity index (χ1n) is 5.29. The molecule has 98 valence electrons. The molecule has 7 heteroatoms. The lowest BCUT2D eigenvalue weighted by molar-refractivity contribution is -0.137. The van der Waals surface area contributed by atoms with Gasteiger partial charge in [0.1, 0.15) is 0 Å². The molecule has 6 nitrogen and oxygen atoms in total. The summed E-state index contributed by atoms with van der Waals surface area (Å²) in [6, 6.07) is 1.87. The molecule has 0 spiro atoms. The van der Waals surface area contributed by atoms with Crippen molar-refractivity contribution < 1.29 is 18.3 Å². The minimum Gasteiger partial charge on any atom is -0.481 e. The summed E-state index contributed by atoms with van der Waals surface area (Å²) >= 11 is 0. The van der Waals surface area contributed by atoms with E-state index in [9.17, 15) is 13.2 Å². The Labute approximate surface area is 102 Å². The zero-order chi connectivity index (χ0) is 13.5. The number of unbranched alkanes of at least 4 members (excludes halogenated alkanes) is 1. The van der Waals surface area contributed by atoms with Crippen molar-refractivity contribution >= 4 is 16.0 Å². The van der Waals surface area contributed by atoms with Gasteiger partial charge in [-0.3, -0.25) is 4.79 Å². The predicted molar refractivity (Wildman–Crippen MR) is 62.7 cm³/mol. The highest BCUT2D eigenvalue weighted by Gasteiger charge is 2.25. The zero-order valence-electron chi connectivity index (χ0n) is 10.1. The highest BCUT2D eigenvalue weighted by Crippen LogP contribution is 2.13. The maximum Gasteiger partial charge on any atom is 0.303 e. The van der Waals surface area contributed by atoms with Crippen molar-refractivity contribution in [2.75, 3.05) is 5.75 Å². The van der Waals surface area contributed by atoms with Gasteiger partial charge >= 0.3 is 5.97 Å². The third-order valence-electron chi connectivity index (χ3n) is 2.10. The van der Waals surface area contributed by atoms with Crippen LogP contribution in [-0.4, -0.2) is 30.8 Å². The van der Waals surface area contributed by atoms with Crippen LogP contribution >= 0.6 is 0 Å². The number of hydrogen-bond acceptors (Lipinski definition) is 4. The quantitative estimate of drug-likeness (QED) is 0.631. The molecule has 0 aromatic rings. The molecule has 0 rings (SSSR count). The van der Waals surface area contributed by atoms with Gasteiger partial charge < -0.3 is 5.11 Å². The molecular weight excluding hydrogens is 244 g/mol. The fraction of sp³-hybridized carbons (Fsp3) is 0.800. The third kappa shape index (κ3) is 8.65. The van der Waals surface area contributed by atoms with Crippen LogP contribution < -0.4 is 4.72 Å². The Balaban J connectivity index is 4.28. The Bertz CT molecular complexity index is 395. The number of carboxylic acids is 1. The van der Waals surface area contributed by atoms with Crippen LogP contribution in [0.5, 0.6) is 0 Å². The molecule has 0 aromatic carbocycles. The highest BCUT2D eigenvalue weighted by molar-refractivity contribution is 7.89. The van der Waals surface area contributed by atoms with Gasteiger partial charge in [0.15, 0.2) is 0 Å². The summed E-state index contributed by atoms with van der Waals surface area (Å²) in [5, 5.41) is 16.8. The van der Waals surface area contributed by atoms with E-state index in [0.29, 0.717) is 0 Å². The summed E-state index contributed by atoms with van der Waals surface area (Å²) < 4.78 is 25.6. The molecule has 0 saturated heterocycles. The minimum atomic E-state index is -3.45. The molecule has 0 unspecified atom stereocenters. The van der Waals surface area contributed by atoms with Crippen molar-refractivity contribution in [3.05, 3.63) is 0 Å². The average Bonchev–Trinajstić information content (AvgIpc) is 2.13. The van der Waals surface area contributed by atoms with Crippen LogP contribution in [0.25, 0.3) is 0 Å². The fourth-order valence-corrected chi connectivity index (χ4v) is 2.85. The Morgan fingerprint density at radius 2 is 2.06 bits per heavy atom. The van der Waals surface area contributed by atoms with Gasteiger partial charge in [-0.15, -0.1) is 0 Å². The minimum absolute atomic E-state index is 0.0896. The number of sulfonamides is 1. The standard InChI is InChI=1S/C10H18N2O4S/c1-10(2,6-5-9(13)14)12-17(15,16)8-4-3-7-11/h12H,3-6,8H2,1-2H3,(H,13,14). The van der Waals surface area contributed by atoms with Crippen molar-refractivity contribution in [1.29, 1.82) is 5.26 Å². The van der Waals surface area contributed by atoms with Gasteiger partial charge in [-0.25, -0.2) is 13.1 Å². The molecule has 0 saturated carbocycles. The van der Waals surface area contributed by atoms with Gasteiger partial charge in [-0.1, -0.05) is 0 Å². The van der Waals surface area contributed by atoms with Gasteiger partial charge in [-0.2, -0.15) is 5.26 Å². The number of carboxylic acid groups (broad SMARTS) is 1. The number of carbonyl (C=O) groups is 1. The summed E-state index contributed by atoms with van der Waals surface area (Å²) in [7, 11) is -3.45. The van der Waals surface area contributed by atoms with Crippen LogP contribution in [0, 0.1) is 11.3 Å². The summed E-state index contributed by atoms with van der Waals surface area (Å²) in [5.41, 5.74) is -0.788. The van der Waals surface area contributed by atoms with E-state index in [1.54, 1.807) is 13.8 Å². The molecule has 0 heterocycles. The summed E-state index contributed by atoms with van der Waals surface area (Å²) in [6.45, 7) is 3.27. The van der Waals surface area contributed by atoms with Crippen molar-refractivity contribution in [2.24, 2.45) is 0 Å². The van der Waals surface area contributed by atoms with Crippen LogP contribution in [0.1, 0.15) is 39.5 Å². The lowest BCUT2D eigenvalue weighted by atomic mass is 10.0. The van der Waals surface area contributed by atoms with Gasteiger partial charge in [0, 0.05) is 18.4 Å². The number of aliphatic carboxylic acids is 1. The maximum absolute atomic E-state index is 11.6. The van der Waals surface area contributed by atoms with E-state index in [1.807, 2.05) is 6.07 Å². The Hall–Kier alpha value is -1.13. The second-order valence-corrected chi connectivity index (χ2v) is 6.30. The van der Waals surface area contributed by atoms with E-state index in [-0.39, 0.29) is 31.4 Å². The predicted octanol–water partition coefficient (Wildman–Crippen LogP) is 0.853. The molecule has 0 fully saturated rings. The number of nitrogens with one attached hydrogen (secondary N) is 1. The fourth-order valence-electron chi connectivity index (χ4n) is 1.28. The number of hydrogen-bond donors (Lipinski definition) is 2. The van der Waals surface area contributed by atoms with Crippen LogP contribution in [0.15, 0.2) is 0 Å². The highest BCUT2D eigenvalue weighted by atomic mass is 32.2. The number of nitriles is 1. The van der Waals surface area contributed by atoms with Crippen LogP contribution in [0.2, 0.25) is 0 Å². The molecule has 0 radical (unpaired) electrons. The summed E-state index contributed by atoms with van der Waals surface area (Å²) in [4.78, 5) is 10.4. The van der Waals surface area contributed by atoms with Crippen LogP contribution in [-0.2, 0) is 14.8 Å². The first-order chi connectivity index (χ1) is 7.68. The third-order valence-corrected chi connectivity index (χ3v) is 3.79. The lowest BCUT2D eigenvalue weighted by Crippen LogP contribution is -2.44. The average molecular weight is 262 g/mol. The second-order valence-electron chi connectivity index (χ2n) is 4.46. The first kappa shape index (κ1) is 15.9. The molecule has 0 amide bonds. The topological polar surface area (TPSA) is 107 Å². The van der Waals surface area contributed by atoms with Crippen molar-refractivity contribution in [1.82, 2.24) is 4.72 Å². The number of nitrogens with zero attached hydrogens (tertiary/aromatic N) is 1.